The summed E-state index contributed by atoms with van der Waals surface area (Å²) in [5.74, 6) is -2.00. The smallest absolute Gasteiger partial charge is 0.414 e. The van der Waals surface area contributed by atoms with Crippen LogP contribution in [0.5, 0.6) is 5.88 Å². The van der Waals surface area contributed by atoms with Crippen molar-refractivity contribution in [2.75, 3.05) is 31.2 Å². The number of rotatable bonds is 7. The van der Waals surface area contributed by atoms with E-state index in [1.165, 1.54) is 18.4 Å². The topological polar surface area (TPSA) is 114 Å². The SMILES string of the molecule is O=C(CO)C1C=C(c2c(F)cc(N3C[C@H](COc4ccon4)OC3=O)cc2F)CCN1. The van der Waals surface area contributed by atoms with Crippen LogP contribution in [0.15, 0.2) is 35.1 Å². The molecule has 2 N–H and O–H groups in total. The summed E-state index contributed by atoms with van der Waals surface area (Å²) in [6.07, 6.45) is 1.62. The lowest BCUT2D eigenvalue weighted by molar-refractivity contribution is -0.122. The van der Waals surface area contributed by atoms with Gasteiger partial charge in [0.2, 0.25) is 0 Å². The Labute approximate surface area is 175 Å². The van der Waals surface area contributed by atoms with Crippen LogP contribution in [0.4, 0.5) is 19.3 Å². The molecule has 0 aliphatic carbocycles. The first-order valence-corrected chi connectivity index (χ1v) is 9.54. The lowest BCUT2D eigenvalue weighted by atomic mass is 9.94. The summed E-state index contributed by atoms with van der Waals surface area (Å²) in [4.78, 5) is 25.0. The maximum Gasteiger partial charge on any atom is 0.414 e. The molecule has 0 saturated carbocycles. The van der Waals surface area contributed by atoms with E-state index in [4.69, 9.17) is 14.6 Å². The van der Waals surface area contributed by atoms with Crippen LogP contribution in [-0.2, 0) is 9.53 Å². The minimum Gasteiger partial charge on any atom is -0.471 e. The zero-order valence-corrected chi connectivity index (χ0v) is 16.2. The number of ketones is 1. The van der Waals surface area contributed by atoms with Crippen molar-refractivity contribution >= 4 is 23.1 Å². The highest BCUT2D eigenvalue weighted by Crippen LogP contribution is 2.32. The number of hydrogen-bond acceptors (Lipinski definition) is 8. The third-order valence-corrected chi connectivity index (χ3v) is 4.99. The predicted octanol–water partition coefficient (Wildman–Crippen LogP) is 1.66. The van der Waals surface area contributed by atoms with Gasteiger partial charge >= 0.3 is 6.09 Å². The number of nitrogens with zero attached hydrogens (tertiary/aromatic N) is 2. The van der Waals surface area contributed by atoms with E-state index in [9.17, 15) is 18.4 Å². The number of halogens is 2. The van der Waals surface area contributed by atoms with Crippen molar-refractivity contribution in [2.45, 2.75) is 18.6 Å². The summed E-state index contributed by atoms with van der Waals surface area (Å²) in [6.45, 7) is -0.314. The molecule has 2 atom stereocenters. The first-order valence-electron chi connectivity index (χ1n) is 9.54. The Morgan fingerprint density at radius 2 is 2.13 bits per heavy atom. The molecule has 1 amide bonds. The van der Waals surface area contributed by atoms with Gasteiger partial charge in [-0.1, -0.05) is 6.08 Å². The maximum absolute atomic E-state index is 14.9. The second kappa shape index (κ2) is 8.82. The Balaban J connectivity index is 1.51. The molecule has 2 aromatic rings. The van der Waals surface area contributed by atoms with Gasteiger partial charge in [-0.2, -0.15) is 0 Å². The molecule has 9 nitrogen and oxygen atoms in total. The van der Waals surface area contributed by atoms with E-state index >= 15 is 0 Å². The van der Waals surface area contributed by atoms with Gasteiger partial charge in [-0.25, -0.2) is 13.6 Å². The van der Waals surface area contributed by atoms with Gasteiger partial charge < -0.3 is 24.4 Å². The number of amides is 1. The van der Waals surface area contributed by atoms with E-state index in [1.54, 1.807) is 0 Å². The normalized spacial score (nSPS) is 21.1. The van der Waals surface area contributed by atoms with Gasteiger partial charge in [-0.15, -0.1) is 0 Å². The molecule has 1 unspecified atom stereocenters. The van der Waals surface area contributed by atoms with Gasteiger partial charge in [0, 0.05) is 18.2 Å². The number of nitrogens with one attached hydrogen (secondary N) is 1. The highest BCUT2D eigenvalue weighted by molar-refractivity contribution is 5.91. The lowest BCUT2D eigenvalue weighted by Crippen LogP contribution is -2.40. The summed E-state index contributed by atoms with van der Waals surface area (Å²) in [7, 11) is 0. The average Bonchev–Trinajstić information content (AvgIpc) is 3.40. The molecular formula is C20H19F2N3O6. The highest BCUT2D eigenvalue weighted by atomic mass is 19.1. The molecule has 4 rings (SSSR count). The highest BCUT2D eigenvalue weighted by Gasteiger charge is 2.34. The van der Waals surface area contributed by atoms with E-state index in [2.05, 4.69) is 15.0 Å². The average molecular weight is 435 g/mol. The number of aliphatic hydroxyl groups is 1. The summed E-state index contributed by atoms with van der Waals surface area (Å²) in [6, 6.07) is 2.77. The van der Waals surface area contributed by atoms with Gasteiger partial charge in [0.25, 0.3) is 5.88 Å². The molecule has 31 heavy (non-hydrogen) atoms. The Hall–Kier alpha value is -3.31. The number of hydrogen-bond donors (Lipinski definition) is 2. The van der Waals surface area contributed by atoms with Crippen molar-refractivity contribution in [1.82, 2.24) is 10.5 Å². The van der Waals surface area contributed by atoms with Crippen LogP contribution < -0.4 is 15.0 Å². The number of aromatic nitrogens is 1. The van der Waals surface area contributed by atoms with Crippen LogP contribution in [0.1, 0.15) is 12.0 Å². The number of carbonyl (C=O) groups is 2. The van der Waals surface area contributed by atoms with Crippen LogP contribution in [0, 0.1) is 11.6 Å². The molecule has 0 spiro atoms. The van der Waals surface area contributed by atoms with Crippen molar-refractivity contribution in [3.8, 4) is 5.88 Å². The zero-order chi connectivity index (χ0) is 22.0. The third kappa shape index (κ3) is 4.42. The van der Waals surface area contributed by atoms with Gasteiger partial charge in [0.15, 0.2) is 11.9 Å². The molecule has 2 aliphatic heterocycles. The molecule has 0 radical (unpaired) electrons. The second-order valence-corrected chi connectivity index (χ2v) is 7.05. The van der Waals surface area contributed by atoms with Gasteiger partial charge in [-0.3, -0.25) is 9.69 Å². The minimum absolute atomic E-state index is 0.00200. The summed E-state index contributed by atoms with van der Waals surface area (Å²) in [5, 5.41) is 15.5. The van der Waals surface area contributed by atoms with Crippen molar-refractivity contribution in [1.29, 1.82) is 0 Å². The lowest BCUT2D eigenvalue weighted by Gasteiger charge is -2.23. The van der Waals surface area contributed by atoms with E-state index in [-0.39, 0.29) is 30.3 Å². The molecule has 0 bridgehead atoms. The van der Waals surface area contributed by atoms with Crippen LogP contribution in [0.3, 0.4) is 0 Å². The van der Waals surface area contributed by atoms with Gasteiger partial charge in [0.05, 0.1) is 18.3 Å². The Morgan fingerprint density at radius 3 is 2.81 bits per heavy atom. The molecule has 1 aromatic carbocycles. The first kappa shape index (κ1) is 20.9. The molecule has 164 valence electrons. The number of ether oxygens (including phenoxy) is 2. The molecule has 3 heterocycles. The fraction of sp³-hybridized carbons (Fsp3) is 0.350. The number of Topliss-reactive ketones (excluding diaryl/α,β-unsaturated/α-hetero) is 1. The first-order chi connectivity index (χ1) is 15.0. The maximum atomic E-state index is 14.9. The Kier molecular flexibility index (Phi) is 5.96. The number of aliphatic hydroxyl groups excluding tert-OH is 1. The molecule has 11 heteroatoms. The standard InChI is InChI=1S/C20H19F2N3O6/c21-14-6-12(25-8-13(31-20(25)28)10-29-18-2-4-30-24-18)7-15(22)19(14)11-1-3-23-16(5-11)17(27)9-26/h2,4-7,13,16,23,26H,1,3,8-10H2/t13-,16?/m1/s1. The zero-order valence-electron chi connectivity index (χ0n) is 16.2. The van der Waals surface area contributed by atoms with E-state index in [1.807, 2.05) is 0 Å². The van der Waals surface area contributed by atoms with Crippen LogP contribution >= 0.6 is 0 Å². The van der Waals surface area contributed by atoms with Crippen molar-refractivity contribution in [3.63, 3.8) is 0 Å². The van der Waals surface area contributed by atoms with Crippen LogP contribution in [0.2, 0.25) is 0 Å². The fourth-order valence-corrected chi connectivity index (χ4v) is 3.52. The number of benzene rings is 1. The molecule has 1 fully saturated rings. The van der Waals surface area contributed by atoms with Crippen molar-refractivity contribution in [2.24, 2.45) is 0 Å². The van der Waals surface area contributed by atoms with E-state index < -0.39 is 42.3 Å². The molecule has 1 aromatic heterocycles. The predicted molar refractivity (Wildman–Crippen MR) is 102 cm³/mol. The third-order valence-electron chi connectivity index (χ3n) is 4.99. The van der Waals surface area contributed by atoms with Gasteiger partial charge in [0.1, 0.15) is 31.1 Å². The summed E-state index contributed by atoms with van der Waals surface area (Å²) in [5.41, 5.74) is 0.0552. The molecule has 2 aliphatic rings. The summed E-state index contributed by atoms with van der Waals surface area (Å²) >= 11 is 0. The van der Waals surface area contributed by atoms with Crippen LogP contribution in [0.25, 0.3) is 5.57 Å². The number of carbonyl (C=O) groups excluding carboxylic acids is 2. The largest absolute Gasteiger partial charge is 0.471 e. The number of anilines is 1. The minimum atomic E-state index is -0.867. The number of cyclic esters (lactones) is 1. The van der Waals surface area contributed by atoms with Crippen molar-refractivity contribution < 1.29 is 37.5 Å². The second-order valence-electron chi connectivity index (χ2n) is 7.05. The van der Waals surface area contributed by atoms with Crippen molar-refractivity contribution in [3.05, 3.63) is 47.7 Å². The monoisotopic (exact) mass is 435 g/mol. The molecular weight excluding hydrogens is 416 g/mol. The quantitative estimate of drug-likeness (QED) is 0.675. The fourth-order valence-electron chi connectivity index (χ4n) is 3.52. The van der Waals surface area contributed by atoms with Gasteiger partial charge in [-0.05, 0) is 29.3 Å². The Bertz CT molecular complexity index is 987. The summed E-state index contributed by atoms with van der Waals surface area (Å²) < 4.78 is 44.9. The molecule has 1 saturated heterocycles. The Morgan fingerprint density at radius 1 is 1.35 bits per heavy atom. The van der Waals surface area contributed by atoms with Crippen LogP contribution in [-0.4, -0.2) is 60.6 Å². The van der Waals surface area contributed by atoms with E-state index in [0.29, 0.717) is 18.5 Å². The van der Waals surface area contributed by atoms with E-state index in [0.717, 1.165) is 17.0 Å².